The number of rotatable bonds is 6. The monoisotopic (exact) mass is 533 g/mol. The fourth-order valence-electron chi connectivity index (χ4n) is 6.96. The van der Waals surface area contributed by atoms with Crippen molar-refractivity contribution in [3.8, 4) is 0 Å². The van der Waals surface area contributed by atoms with E-state index in [1.807, 2.05) is 12.1 Å². The number of anilines is 2. The van der Waals surface area contributed by atoms with E-state index < -0.39 is 0 Å². The molecule has 6 rings (SSSR count). The molecule has 0 spiro atoms. The lowest BCUT2D eigenvalue weighted by Gasteiger charge is -2.41. The second-order valence-electron chi connectivity index (χ2n) is 11.9. The van der Waals surface area contributed by atoms with Crippen molar-refractivity contribution in [2.45, 2.75) is 63.8 Å². The zero-order chi connectivity index (χ0) is 26.9. The van der Waals surface area contributed by atoms with E-state index in [9.17, 15) is 10.1 Å². The molecule has 0 unspecified atom stereocenters. The van der Waals surface area contributed by atoms with E-state index in [-0.39, 0.29) is 10.6 Å². The summed E-state index contributed by atoms with van der Waals surface area (Å²) in [5, 5.41) is 10.7. The zero-order valence-electron chi connectivity index (χ0n) is 23.6. The van der Waals surface area contributed by atoms with Gasteiger partial charge in [-0.1, -0.05) is 50.3 Å². The number of nitrogens with zero attached hydrogens (tertiary/aromatic N) is 5. The number of hydrogen-bond donors (Lipinski definition) is 0. The summed E-state index contributed by atoms with van der Waals surface area (Å²) in [6, 6.07) is 18.6. The predicted octanol–water partition coefficient (Wildman–Crippen LogP) is 6.05. The number of para-hydroxylation sites is 1. The maximum Gasteiger partial charge on any atom is 0.269 e. The number of hydrogen-bond acceptors (Lipinski definition) is 6. The topological polar surface area (TPSA) is 56.1 Å². The first kappa shape index (κ1) is 27.9. The number of non-ortho nitro benzene ring substituents is 1. The van der Waals surface area contributed by atoms with E-state index in [1.54, 1.807) is 12.1 Å². The fraction of sp³-hybridized carbons (Fsp3) is 0.625. The minimum atomic E-state index is -0.342. The fourth-order valence-corrected chi connectivity index (χ4v) is 6.96. The first-order chi connectivity index (χ1) is 19.2. The van der Waals surface area contributed by atoms with E-state index in [4.69, 9.17) is 0 Å². The van der Waals surface area contributed by atoms with Crippen LogP contribution in [-0.4, -0.2) is 79.7 Å². The molecule has 2 aromatic carbocycles. The van der Waals surface area contributed by atoms with Crippen LogP contribution in [0.25, 0.3) is 0 Å². The molecule has 0 atom stereocenters. The Labute approximate surface area is 234 Å². The highest BCUT2D eigenvalue weighted by Gasteiger charge is 2.25. The lowest BCUT2D eigenvalue weighted by Crippen LogP contribution is -2.50. The van der Waals surface area contributed by atoms with Crippen molar-refractivity contribution in [2.24, 2.45) is 5.92 Å². The van der Waals surface area contributed by atoms with Crippen LogP contribution in [0.3, 0.4) is 0 Å². The summed E-state index contributed by atoms with van der Waals surface area (Å²) in [5.41, 5.74) is 2.65. The van der Waals surface area contributed by atoms with E-state index in [0.717, 1.165) is 43.8 Å². The van der Waals surface area contributed by atoms with Gasteiger partial charge in [0.1, 0.15) is 0 Å². The van der Waals surface area contributed by atoms with Gasteiger partial charge in [0.15, 0.2) is 0 Å². The summed E-state index contributed by atoms with van der Waals surface area (Å²) < 4.78 is 0. The van der Waals surface area contributed by atoms with Crippen molar-refractivity contribution in [1.82, 2.24) is 9.80 Å². The smallest absolute Gasteiger partial charge is 0.269 e. The second kappa shape index (κ2) is 14.1. The van der Waals surface area contributed by atoms with Gasteiger partial charge in [-0.15, -0.1) is 0 Å². The molecule has 212 valence electrons. The minimum Gasteiger partial charge on any atom is -0.369 e. The first-order valence-corrected chi connectivity index (χ1v) is 15.4. The Bertz CT molecular complexity index is 989. The summed E-state index contributed by atoms with van der Waals surface area (Å²) >= 11 is 0. The van der Waals surface area contributed by atoms with Crippen LogP contribution < -0.4 is 9.80 Å². The Hall–Kier alpha value is -2.64. The highest BCUT2D eigenvalue weighted by Crippen LogP contribution is 2.27. The van der Waals surface area contributed by atoms with Gasteiger partial charge >= 0.3 is 0 Å². The molecule has 0 bridgehead atoms. The van der Waals surface area contributed by atoms with Crippen molar-refractivity contribution in [3.63, 3.8) is 0 Å². The van der Waals surface area contributed by atoms with Gasteiger partial charge in [0.05, 0.1) is 4.92 Å². The number of piperazine rings is 2. The molecule has 2 heterocycles. The van der Waals surface area contributed by atoms with Crippen molar-refractivity contribution >= 4 is 17.1 Å². The van der Waals surface area contributed by atoms with Crippen LogP contribution >= 0.6 is 0 Å². The van der Waals surface area contributed by atoms with Crippen LogP contribution in [0.2, 0.25) is 0 Å². The largest absolute Gasteiger partial charge is 0.369 e. The highest BCUT2D eigenvalue weighted by molar-refractivity contribution is 5.51. The molecule has 2 aromatic rings. The second-order valence-corrected chi connectivity index (χ2v) is 11.9. The quantitative estimate of drug-likeness (QED) is 0.333. The third kappa shape index (κ3) is 7.95. The Morgan fingerprint density at radius 3 is 1.77 bits per heavy atom. The Balaban J connectivity index is 0.000000160. The average Bonchev–Trinajstić information content (AvgIpc) is 3.52. The number of nitro groups is 1. The summed E-state index contributed by atoms with van der Waals surface area (Å²) in [4.78, 5) is 20.5. The van der Waals surface area contributed by atoms with Gasteiger partial charge < -0.3 is 9.80 Å². The first-order valence-electron chi connectivity index (χ1n) is 15.4. The molecular weight excluding hydrogens is 486 g/mol. The van der Waals surface area contributed by atoms with Gasteiger partial charge in [0.2, 0.25) is 0 Å². The molecule has 2 saturated carbocycles. The molecule has 0 aromatic heterocycles. The molecule has 7 heteroatoms. The summed E-state index contributed by atoms with van der Waals surface area (Å²) in [6.07, 6.45) is 12.8. The van der Waals surface area contributed by atoms with E-state index in [0.29, 0.717) is 0 Å². The molecule has 4 fully saturated rings. The van der Waals surface area contributed by atoms with Gasteiger partial charge in [0, 0.05) is 88.5 Å². The van der Waals surface area contributed by atoms with Crippen LogP contribution in [0, 0.1) is 16.0 Å². The maximum atomic E-state index is 10.7. The summed E-state index contributed by atoms with van der Waals surface area (Å²) in [6.45, 7) is 10.5. The standard InChI is InChI=1S/C16H23N3O2.C16H24N2/c20-19(21)16-8-6-15(7-9-16)18-12-10-17(11-13-18)14-4-2-1-3-5-14;1-2-8-16(9-3-1)18-12-10-17(11-13-18)14-15-6-4-5-7-15/h6-9,14H,1-5,10-13H2;1-3,8-9,15H,4-7,10-14H2. The maximum absolute atomic E-state index is 10.7. The van der Waals surface area contributed by atoms with Gasteiger partial charge in [-0.25, -0.2) is 0 Å². The van der Waals surface area contributed by atoms with Crippen molar-refractivity contribution in [3.05, 3.63) is 64.7 Å². The summed E-state index contributed by atoms with van der Waals surface area (Å²) in [5.74, 6) is 0.994. The SMILES string of the molecule is O=[N+]([O-])c1ccc(N2CCN(C3CCCCC3)CC2)cc1.c1ccc(N2CCN(CC3CCCC3)CC2)cc1. The van der Waals surface area contributed by atoms with Crippen molar-refractivity contribution in [1.29, 1.82) is 0 Å². The average molecular weight is 534 g/mol. The van der Waals surface area contributed by atoms with Crippen LogP contribution in [0.5, 0.6) is 0 Å². The molecule has 4 aliphatic rings. The molecule has 7 nitrogen and oxygen atoms in total. The molecule has 2 saturated heterocycles. The summed E-state index contributed by atoms with van der Waals surface area (Å²) in [7, 11) is 0. The Morgan fingerprint density at radius 1 is 0.641 bits per heavy atom. The lowest BCUT2D eigenvalue weighted by atomic mass is 9.94. The van der Waals surface area contributed by atoms with Crippen LogP contribution in [0.1, 0.15) is 57.8 Å². The zero-order valence-corrected chi connectivity index (χ0v) is 23.6. The van der Waals surface area contributed by atoms with E-state index >= 15 is 0 Å². The third-order valence-corrected chi connectivity index (χ3v) is 9.32. The van der Waals surface area contributed by atoms with Crippen LogP contribution in [0.15, 0.2) is 54.6 Å². The van der Waals surface area contributed by atoms with E-state index in [2.05, 4.69) is 49.9 Å². The van der Waals surface area contributed by atoms with Gasteiger partial charge in [-0.3, -0.25) is 19.9 Å². The van der Waals surface area contributed by atoms with Crippen molar-refractivity contribution < 1.29 is 4.92 Å². The molecule has 39 heavy (non-hydrogen) atoms. The number of benzene rings is 2. The van der Waals surface area contributed by atoms with Crippen molar-refractivity contribution in [2.75, 3.05) is 68.7 Å². The lowest BCUT2D eigenvalue weighted by molar-refractivity contribution is -0.384. The van der Waals surface area contributed by atoms with Gasteiger partial charge in [0.25, 0.3) is 5.69 Å². The number of nitro benzene ring substituents is 1. The molecule has 0 N–H and O–H groups in total. The Morgan fingerprint density at radius 2 is 1.18 bits per heavy atom. The van der Waals surface area contributed by atoms with Gasteiger partial charge in [-0.2, -0.15) is 0 Å². The molecule has 2 aliphatic heterocycles. The molecule has 0 radical (unpaired) electrons. The van der Waals surface area contributed by atoms with Crippen LogP contribution in [0.4, 0.5) is 17.1 Å². The third-order valence-electron chi connectivity index (χ3n) is 9.32. The minimum absolute atomic E-state index is 0.166. The van der Waals surface area contributed by atoms with Gasteiger partial charge in [-0.05, 0) is 55.9 Å². The highest BCUT2D eigenvalue weighted by atomic mass is 16.6. The normalized spacial score (nSPS) is 21.9. The molecule has 0 amide bonds. The predicted molar refractivity (Wildman–Crippen MR) is 161 cm³/mol. The van der Waals surface area contributed by atoms with Crippen LogP contribution in [-0.2, 0) is 0 Å². The Kier molecular flexibility index (Phi) is 10.1. The molecular formula is C32H47N5O2. The van der Waals surface area contributed by atoms with E-state index in [1.165, 1.54) is 96.2 Å². The molecule has 2 aliphatic carbocycles.